The SMILES string of the molecule is O=c1ccc(-c2noc(C3CCc4nnn(C5CCC5)c4C3)n2)c[nH]1. The lowest BCUT2D eigenvalue weighted by Gasteiger charge is -2.28. The van der Waals surface area contributed by atoms with Crippen LogP contribution in [0.4, 0.5) is 0 Å². The first-order valence-electron chi connectivity index (χ1n) is 8.73. The molecule has 0 bridgehead atoms. The van der Waals surface area contributed by atoms with Gasteiger partial charge in [-0.2, -0.15) is 4.98 Å². The molecule has 5 rings (SSSR count). The van der Waals surface area contributed by atoms with E-state index in [1.54, 1.807) is 12.3 Å². The maximum absolute atomic E-state index is 11.2. The Morgan fingerprint density at radius 1 is 1.24 bits per heavy atom. The Kier molecular flexibility index (Phi) is 3.29. The summed E-state index contributed by atoms with van der Waals surface area (Å²) < 4.78 is 7.63. The molecule has 8 heteroatoms. The lowest BCUT2D eigenvalue weighted by Crippen LogP contribution is -2.23. The predicted octanol–water partition coefficient (Wildman–Crippen LogP) is 2.01. The average Bonchev–Trinajstić information content (AvgIpc) is 3.21. The Morgan fingerprint density at radius 3 is 2.92 bits per heavy atom. The average molecular weight is 338 g/mol. The van der Waals surface area contributed by atoms with Crippen molar-refractivity contribution in [2.24, 2.45) is 0 Å². The summed E-state index contributed by atoms with van der Waals surface area (Å²) >= 11 is 0. The second kappa shape index (κ2) is 5.65. The molecule has 1 fully saturated rings. The van der Waals surface area contributed by atoms with Gasteiger partial charge in [0.05, 0.1) is 17.4 Å². The van der Waals surface area contributed by atoms with Gasteiger partial charge in [0.1, 0.15) is 0 Å². The molecule has 128 valence electrons. The fourth-order valence-corrected chi connectivity index (χ4v) is 3.60. The molecule has 0 aromatic carbocycles. The summed E-state index contributed by atoms with van der Waals surface area (Å²) in [5.41, 5.74) is 2.93. The van der Waals surface area contributed by atoms with Gasteiger partial charge in [0.15, 0.2) is 0 Å². The second-order valence-electron chi connectivity index (χ2n) is 6.85. The van der Waals surface area contributed by atoms with Gasteiger partial charge < -0.3 is 9.51 Å². The largest absolute Gasteiger partial charge is 0.339 e. The van der Waals surface area contributed by atoms with Crippen molar-refractivity contribution in [1.29, 1.82) is 0 Å². The van der Waals surface area contributed by atoms with Crippen molar-refractivity contribution in [2.75, 3.05) is 0 Å². The monoisotopic (exact) mass is 338 g/mol. The Bertz CT molecular complexity index is 947. The van der Waals surface area contributed by atoms with Gasteiger partial charge in [0.2, 0.25) is 17.3 Å². The molecule has 3 aromatic heterocycles. The third kappa shape index (κ3) is 2.48. The number of H-pyrrole nitrogens is 1. The van der Waals surface area contributed by atoms with Crippen molar-refractivity contribution in [2.45, 2.75) is 50.5 Å². The van der Waals surface area contributed by atoms with Crippen LogP contribution in [-0.4, -0.2) is 30.1 Å². The Labute approximate surface area is 143 Å². The van der Waals surface area contributed by atoms with Crippen LogP contribution >= 0.6 is 0 Å². The molecular weight excluding hydrogens is 320 g/mol. The zero-order valence-electron chi connectivity index (χ0n) is 13.7. The van der Waals surface area contributed by atoms with Crippen LogP contribution in [0.25, 0.3) is 11.4 Å². The predicted molar refractivity (Wildman–Crippen MR) is 88.0 cm³/mol. The quantitative estimate of drug-likeness (QED) is 0.784. The summed E-state index contributed by atoms with van der Waals surface area (Å²) in [6.45, 7) is 0. The van der Waals surface area contributed by atoms with E-state index >= 15 is 0 Å². The van der Waals surface area contributed by atoms with Gasteiger partial charge in [-0.25, -0.2) is 4.68 Å². The molecule has 0 saturated heterocycles. The van der Waals surface area contributed by atoms with Crippen molar-refractivity contribution >= 4 is 0 Å². The van der Waals surface area contributed by atoms with Crippen LogP contribution in [0.2, 0.25) is 0 Å². The highest BCUT2D eigenvalue weighted by molar-refractivity contribution is 5.52. The molecule has 8 nitrogen and oxygen atoms in total. The van der Waals surface area contributed by atoms with E-state index < -0.39 is 0 Å². The number of hydrogen-bond donors (Lipinski definition) is 1. The number of aromatic nitrogens is 6. The van der Waals surface area contributed by atoms with Crippen molar-refractivity contribution in [3.05, 3.63) is 46.0 Å². The molecule has 25 heavy (non-hydrogen) atoms. The third-order valence-corrected chi connectivity index (χ3v) is 5.29. The molecular formula is C17H18N6O2. The number of nitrogens with one attached hydrogen (secondary N) is 1. The Balaban J connectivity index is 1.41. The van der Waals surface area contributed by atoms with E-state index in [0.29, 0.717) is 17.8 Å². The van der Waals surface area contributed by atoms with Gasteiger partial charge in [-0.1, -0.05) is 10.4 Å². The number of pyridine rings is 1. The van der Waals surface area contributed by atoms with E-state index in [4.69, 9.17) is 4.52 Å². The zero-order chi connectivity index (χ0) is 16.8. The lowest BCUT2D eigenvalue weighted by atomic mass is 9.87. The number of rotatable bonds is 3. The Hall–Kier alpha value is -2.77. The van der Waals surface area contributed by atoms with Crippen LogP contribution < -0.4 is 5.56 Å². The number of aromatic amines is 1. The molecule has 1 atom stereocenters. The van der Waals surface area contributed by atoms with E-state index in [-0.39, 0.29) is 11.5 Å². The highest BCUT2D eigenvalue weighted by Crippen LogP contribution is 2.37. The van der Waals surface area contributed by atoms with Crippen molar-refractivity contribution in [3.63, 3.8) is 0 Å². The minimum atomic E-state index is -0.149. The molecule has 0 radical (unpaired) electrons. The molecule has 2 aliphatic rings. The molecule has 0 aliphatic heterocycles. The summed E-state index contributed by atoms with van der Waals surface area (Å²) in [5, 5.41) is 12.8. The van der Waals surface area contributed by atoms with Crippen LogP contribution in [-0.2, 0) is 12.8 Å². The van der Waals surface area contributed by atoms with Gasteiger partial charge in [-0.15, -0.1) is 5.10 Å². The number of nitrogens with zero attached hydrogens (tertiary/aromatic N) is 5. The minimum absolute atomic E-state index is 0.149. The summed E-state index contributed by atoms with van der Waals surface area (Å²) in [4.78, 5) is 18.4. The van der Waals surface area contributed by atoms with Gasteiger partial charge >= 0.3 is 0 Å². The molecule has 3 aromatic rings. The highest BCUT2D eigenvalue weighted by atomic mass is 16.5. The van der Waals surface area contributed by atoms with Crippen molar-refractivity contribution < 1.29 is 4.52 Å². The summed E-state index contributed by atoms with van der Waals surface area (Å²) in [6, 6.07) is 3.66. The first-order chi connectivity index (χ1) is 12.3. The van der Waals surface area contributed by atoms with Crippen molar-refractivity contribution in [1.82, 2.24) is 30.1 Å². The maximum Gasteiger partial charge on any atom is 0.247 e. The summed E-state index contributed by atoms with van der Waals surface area (Å²) in [5.74, 6) is 1.34. The van der Waals surface area contributed by atoms with E-state index in [0.717, 1.165) is 30.5 Å². The van der Waals surface area contributed by atoms with Gasteiger partial charge in [-0.3, -0.25) is 4.79 Å². The van der Waals surface area contributed by atoms with Gasteiger partial charge in [0, 0.05) is 30.2 Å². The first kappa shape index (κ1) is 14.6. The zero-order valence-corrected chi connectivity index (χ0v) is 13.7. The third-order valence-electron chi connectivity index (χ3n) is 5.29. The van der Waals surface area contributed by atoms with E-state index in [9.17, 15) is 4.79 Å². The molecule has 2 aliphatic carbocycles. The summed E-state index contributed by atoms with van der Waals surface area (Å²) in [6.07, 6.45) is 7.92. The summed E-state index contributed by atoms with van der Waals surface area (Å²) in [7, 11) is 0. The number of fused-ring (bicyclic) bond motifs is 1. The lowest BCUT2D eigenvalue weighted by molar-refractivity contribution is 0.271. The topological polar surface area (TPSA) is 102 Å². The normalized spacial score (nSPS) is 20.2. The highest BCUT2D eigenvalue weighted by Gasteiger charge is 2.32. The van der Waals surface area contributed by atoms with Crippen molar-refractivity contribution in [3.8, 4) is 11.4 Å². The number of aryl methyl sites for hydroxylation is 1. The second-order valence-corrected chi connectivity index (χ2v) is 6.85. The fraction of sp³-hybridized carbons (Fsp3) is 0.471. The fourth-order valence-electron chi connectivity index (χ4n) is 3.60. The maximum atomic E-state index is 11.2. The van der Waals surface area contributed by atoms with Crippen LogP contribution in [0.1, 0.15) is 54.9 Å². The molecule has 3 heterocycles. The van der Waals surface area contributed by atoms with E-state index in [1.807, 2.05) is 0 Å². The van der Waals surface area contributed by atoms with E-state index in [2.05, 4.69) is 30.1 Å². The smallest absolute Gasteiger partial charge is 0.247 e. The molecule has 0 spiro atoms. The molecule has 1 saturated carbocycles. The Morgan fingerprint density at radius 2 is 2.16 bits per heavy atom. The standard InChI is InChI=1S/C17H18N6O2/c24-15-7-5-11(9-18-15)16-19-17(25-21-16)10-4-6-13-14(8-10)23(22-20-13)12-2-1-3-12/h5,7,9-10,12H,1-4,6,8H2,(H,18,24). The number of hydrogen-bond acceptors (Lipinski definition) is 6. The minimum Gasteiger partial charge on any atom is -0.339 e. The molecule has 0 amide bonds. The first-order valence-corrected chi connectivity index (χ1v) is 8.73. The molecule has 1 N–H and O–H groups in total. The van der Waals surface area contributed by atoms with Gasteiger partial charge in [0.25, 0.3) is 0 Å². The van der Waals surface area contributed by atoms with Gasteiger partial charge in [-0.05, 0) is 38.2 Å². The van der Waals surface area contributed by atoms with E-state index in [1.165, 1.54) is 31.0 Å². The molecule has 1 unspecified atom stereocenters. The van der Waals surface area contributed by atoms with Crippen LogP contribution in [0.15, 0.2) is 27.6 Å². The van der Waals surface area contributed by atoms with Crippen LogP contribution in [0.5, 0.6) is 0 Å². The van der Waals surface area contributed by atoms with Crippen LogP contribution in [0.3, 0.4) is 0 Å². The van der Waals surface area contributed by atoms with Crippen LogP contribution in [0, 0.1) is 0 Å².